The van der Waals surface area contributed by atoms with Gasteiger partial charge in [0.25, 0.3) is 0 Å². The van der Waals surface area contributed by atoms with Crippen molar-refractivity contribution in [3.63, 3.8) is 0 Å². The maximum Gasteiger partial charge on any atom is 0.250 e. The van der Waals surface area contributed by atoms with Gasteiger partial charge in [-0.1, -0.05) is 41.7 Å². The van der Waals surface area contributed by atoms with E-state index in [1.54, 1.807) is 29.6 Å². The number of pyridine rings is 2. The first-order chi connectivity index (χ1) is 21.6. The summed E-state index contributed by atoms with van der Waals surface area (Å²) in [6, 6.07) is 21.2. The van der Waals surface area contributed by atoms with E-state index in [0.29, 0.717) is 13.2 Å². The van der Waals surface area contributed by atoms with E-state index in [-0.39, 0.29) is 11.6 Å². The Morgan fingerprint density at radius 3 is 2.52 bits per heavy atom. The molecular formula is C34H37N5O3S2. The molecule has 2 saturated heterocycles. The summed E-state index contributed by atoms with van der Waals surface area (Å²) in [6.45, 7) is 9.58. The largest absolute Gasteiger partial charge is 0.379 e. The van der Waals surface area contributed by atoms with Crippen molar-refractivity contribution in [2.45, 2.75) is 39.0 Å². The van der Waals surface area contributed by atoms with Crippen LogP contribution in [-0.2, 0) is 9.47 Å². The highest BCUT2D eigenvalue weighted by Crippen LogP contribution is 2.52. The molecule has 5 heterocycles. The summed E-state index contributed by atoms with van der Waals surface area (Å²) in [4.78, 5) is 30.1. The fourth-order valence-electron chi connectivity index (χ4n) is 5.90. The summed E-state index contributed by atoms with van der Waals surface area (Å²) < 4.78 is 11.1. The number of rotatable bonds is 8. The van der Waals surface area contributed by atoms with E-state index in [1.165, 1.54) is 19.6 Å². The molecule has 1 unspecified atom stereocenters. The zero-order valence-corrected chi connectivity index (χ0v) is 26.5. The second kappa shape index (κ2) is 13.4. The molecule has 8 nitrogen and oxygen atoms in total. The number of aromatic amines is 1. The van der Waals surface area contributed by atoms with Gasteiger partial charge in [-0.05, 0) is 55.3 Å². The smallest absolute Gasteiger partial charge is 0.250 e. The van der Waals surface area contributed by atoms with Crippen LogP contribution in [0.15, 0.2) is 91.2 Å². The highest BCUT2D eigenvalue weighted by Gasteiger charge is 2.23. The number of nitrogens with one attached hydrogen (secondary N) is 2. The summed E-state index contributed by atoms with van der Waals surface area (Å²) in [7, 11) is 0. The number of hydrogen-bond acceptors (Lipinski definition) is 9. The quantitative estimate of drug-likeness (QED) is 0.213. The second-order valence-corrected chi connectivity index (χ2v) is 13.6. The van der Waals surface area contributed by atoms with Gasteiger partial charge in [-0.2, -0.15) is 0 Å². The number of aryl methyl sites for hydroxylation is 1. The highest BCUT2D eigenvalue weighted by molar-refractivity contribution is 8.05. The molecule has 2 aromatic carbocycles. The average Bonchev–Trinajstić information content (AvgIpc) is 3.06. The van der Waals surface area contributed by atoms with E-state index >= 15 is 0 Å². The zero-order chi connectivity index (χ0) is 29.9. The van der Waals surface area contributed by atoms with Gasteiger partial charge in [0.2, 0.25) is 5.56 Å². The van der Waals surface area contributed by atoms with Crippen molar-refractivity contribution in [1.82, 2.24) is 14.9 Å². The van der Waals surface area contributed by atoms with Gasteiger partial charge >= 0.3 is 0 Å². The monoisotopic (exact) mass is 627 g/mol. The third-order valence-corrected chi connectivity index (χ3v) is 10.9. The Balaban J connectivity index is 1.12. The normalized spacial score (nSPS) is 17.5. The lowest BCUT2D eigenvalue weighted by Crippen LogP contribution is -2.37. The summed E-state index contributed by atoms with van der Waals surface area (Å²) >= 11 is 3.56. The predicted octanol–water partition coefficient (Wildman–Crippen LogP) is 6.07. The number of ether oxygens (including phenoxy) is 2. The minimum absolute atomic E-state index is 0.0857. The van der Waals surface area contributed by atoms with Gasteiger partial charge in [-0.3, -0.25) is 14.7 Å². The first-order valence-electron chi connectivity index (χ1n) is 15.3. The maximum atomic E-state index is 12.7. The van der Waals surface area contributed by atoms with Crippen molar-refractivity contribution in [1.29, 1.82) is 0 Å². The van der Waals surface area contributed by atoms with Gasteiger partial charge in [0.05, 0.1) is 43.9 Å². The van der Waals surface area contributed by atoms with Gasteiger partial charge < -0.3 is 24.7 Å². The van der Waals surface area contributed by atoms with E-state index in [1.807, 2.05) is 6.20 Å². The van der Waals surface area contributed by atoms with Gasteiger partial charge in [0.15, 0.2) is 0 Å². The lowest BCUT2D eigenvalue weighted by molar-refractivity contribution is 0.0368. The number of benzene rings is 2. The van der Waals surface area contributed by atoms with Crippen LogP contribution in [-0.4, -0.2) is 74.0 Å². The van der Waals surface area contributed by atoms with Crippen LogP contribution in [0.5, 0.6) is 0 Å². The first-order valence-corrected chi connectivity index (χ1v) is 16.9. The number of morpholine rings is 2. The van der Waals surface area contributed by atoms with Crippen molar-refractivity contribution < 1.29 is 9.47 Å². The Kier molecular flexibility index (Phi) is 8.95. The highest BCUT2D eigenvalue weighted by atomic mass is 32.2. The number of fused-ring (bicyclic) bond motifs is 2. The SMILES string of the molecule is Cc1ccc(C(CCN2CCOCC2)Nc2ccc3c(c2)Sc2cccc(-c4cc(N5CCOCC5)cc(=O)[nH]4)c2S3)nc1. The molecule has 4 aromatic rings. The average molecular weight is 628 g/mol. The molecule has 0 amide bonds. The van der Waals surface area contributed by atoms with E-state index < -0.39 is 0 Å². The standard InChI is InChI=1S/C34H37N5O3S2/c1-23-5-7-27(35-22-23)28(9-10-38-11-15-41-16-12-38)36-24-6-8-30-32(19-24)43-31-4-2-3-26(34(31)44-30)29-20-25(21-33(40)37-29)39-13-17-42-18-14-39/h2-8,19-22,28,36H,9-18H2,1H3,(H,37,40). The van der Waals surface area contributed by atoms with Crippen LogP contribution in [0.4, 0.5) is 11.4 Å². The number of H-pyrrole nitrogens is 1. The molecule has 0 radical (unpaired) electrons. The fraction of sp³-hybridized carbons (Fsp3) is 0.353. The Labute approximate surface area is 266 Å². The van der Waals surface area contributed by atoms with E-state index in [4.69, 9.17) is 14.5 Å². The lowest BCUT2D eigenvalue weighted by Gasteiger charge is -2.29. The topological polar surface area (TPSA) is 82.7 Å². The van der Waals surface area contributed by atoms with E-state index in [0.717, 1.165) is 86.2 Å². The first kappa shape index (κ1) is 29.4. The van der Waals surface area contributed by atoms with E-state index in [2.05, 4.69) is 81.6 Å². The fourth-order valence-corrected chi connectivity index (χ4v) is 8.31. The number of hydrogen-bond donors (Lipinski definition) is 2. The molecule has 0 saturated carbocycles. The van der Waals surface area contributed by atoms with Crippen LogP contribution >= 0.6 is 23.5 Å². The second-order valence-electron chi connectivity index (χ2n) is 11.4. The summed E-state index contributed by atoms with van der Waals surface area (Å²) in [5.74, 6) is 0. The minimum Gasteiger partial charge on any atom is -0.379 e. The molecule has 3 aliphatic rings. The van der Waals surface area contributed by atoms with E-state index in [9.17, 15) is 4.79 Å². The Morgan fingerprint density at radius 2 is 1.73 bits per heavy atom. The molecule has 0 aliphatic carbocycles. The molecule has 7 rings (SSSR count). The van der Waals surface area contributed by atoms with Crippen molar-refractivity contribution in [3.05, 3.63) is 88.5 Å². The van der Waals surface area contributed by atoms with Gasteiger partial charge in [-0.25, -0.2) is 0 Å². The molecule has 2 N–H and O–H groups in total. The molecule has 44 heavy (non-hydrogen) atoms. The third-order valence-electron chi connectivity index (χ3n) is 8.32. The van der Waals surface area contributed by atoms with Crippen LogP contribution < -0.4 is 15.8 Å². The van der Waals surface area contributed by atoms with Crippen molar-refractivity contribution >= 4 is 34.9 Å². The van der Waals surface area contributed by atoms with Gasteiger partial charge in [-0.15, -0.1) is 0 Å². The summed E-state index contributed by atoms with van der Waals surface area (Å²) in [6.07, 6.45) is 2.92. The summed E-state index contributed by atoms with van der Waals surface area (Å²) in [5, 5.41) is 3.81. The van der Waals surface area contributed by atoms with Crippen molar-refractivity contribution in [2.75, 3.05) is 69.4 Å². The Bertz CT molecular complexity index is 1670. The van der Waals surface area contributed by atoms with Crippen LogP contribution in [0.2, 0.25) is 0 Å². The molecule has 228 valence electrons. The lowest BCUT2D eigenvalue weighted by atomic mass is 10.1. The predicted molar refractivity (Wildman–Crippen MR) is 177 cm³/mol. The molecular weight excluding hydrogens is 591 g/mol. The van der Waals surface area contributed by atoms with Crippen molar-refractivity contribution in [3.8, 4) is 11.3 Å². The van der Waals surface area contributed by atoms with Crippen molar-refractivity contribution in [2.24, 2.45) is 0 Å². The zero-order valence-electron chi connectivity index (χ0n) is 24.9. The third kappa shape index (κ3) is 6.69. The molecule has 10 heteroatoms. The van der Waals surface area contributed by atoms with Gasteiger partial charge in [0.1, 0.15) is 0 Å². The molecule has 1 atom stereocenters. The Hall–Kier alpha value is -3.28. The molecule has 3 aliphatic heterocycles. The number of aromatic nitrogens is 2. The minimum atomic E-state index is -0.0857. The molecule has 0 spiro atoms. The molecule has 0 bridgehead atoms. The number of nitrogens with zero attached hydrogens (tertiary/aromatic N) is 3. The number of anilines is 2. The van der Waals surface area contributed by atoms with Crippen LogP contribution in [0.1, 0.15) is 23.7 Å². The van der Waals surface area contributed by atoms with Crippen LogP contribution in [0, 0.1) is 6.92 Å². The Morgan fingerprint density at radius 1 is 0.909 bits per heavy atom. The van der Waals surface area contributed by atoms with Crippen LogP contribution in [0.3, 0.4) is 0 Å². The van der Waals surface area contributed by atoms with Gasteiger partial charge in [0, 0.05) is 81.5 Å². The summed E-state index contributed by atoms with van der Waals surface area (Å²) in [5.41, 5.74) is 6.07. The molecule has 2 fully saturated rings. The van der Waals surface area contributed by atoms with Crippen LogP contribution in [0.25, 0.3) is 11.3 Å². The maximum absolute atomic E-state index is 12.7. The molecule has 2 aromatic heterocycles.